The highest BCUT2D eigenvalue weighted by Gasteiger charge is 2.10. The smallest absolute Gasteiger partial charge is 0.273 e. The highest BCUT2D eigenvalue weighted by Crippen LogP contribution is 2.20. The minimum atomic E-state index is -0.227. The zero-order valence-corrected chi connectivity index (χ0v) is 12.7. The van der Waals surface area contributed by atoms with Gasteiger partial charge in [0.2, 0.25) is 0 Å². The molecule has 20 heavy (non-hydrogen) atoms. The Balaban J connectivity index is 1.75. The molecular weight excluding hydrogens is 338 g/mol. The van der Waals surface area contributed by atoms with Gasteiger partial charge in [0.05, 0.1) is 15.6 Å². The molecule has 0 unspecified atom stereocenters. The lowest BCUT2D eigenvalue weighted by atomic mass is 10.2. The Morgan fingerprint density at radius 2 is 2.15 bits per heavy atom. The van der Waals surface area contributed by atoms with E-state index < -0.39 is 0 Å². The van der Waals surface area contributed by atoms with Crippen LogP contribution in [-0.2, 0) is 0 Å². The van der Waals surface area contributed by atoms with Crippen molar-refractivity contribution in [3.8, 4) is 0 Å². The van der Waals surface area contributed by atoms with Crippen LogP contribution in [0, 0.1) is 0 Å². The van der Waals surface area contributed by atoms with Crippen molar-refractivity contribution in [2.24, 2.45) is 5.10 Å². The first-order valence-corrected chi connectivity index (χ1v) is 7.50. The fourth-order valence-corrected chi connectivity index (χ4v) is 3.17. The number of nitrogens with one attached hydrogen (secondary N) is 2. The van der Waals surface area contributed by atoms with Gasteiger partial charge in [0.15, 0.2) is 0 Å². The Hall–Kier alpha value is -1.92. The molecule has 2 N–H and O–H groups in total. The van der Waals surface area contributed by atoms with E-state index in [0.29, 0.717) is 5.56 Å². The van der Waals surface area contributed by atoms with Gasteiger partial charge in [-0.05, 0) is 34.1 Å². The number of benzene rings is 1. The first-order chi connectivity index (χ1) is 9.74. The molecule has 1 aromatic carbocycles. The number of nitrogens with zero attached hydrogens (tertiary/aromatic N) is 1. The van der Waals surface area contributed by atoms with Gasteiger partial charge in [-0.15, -0.1) is 11.3 Å². The van der Waals surface area contributed by atoms with Gasteiger partial charge in [0.1, 0.15) is 0 Å². The third kappa shape index (κ3) is 2.66. The molecule has 0 spiro atoms. The van der Waals surface area contributed by atoms with Crippen LogP contribution in [0.5, 0.6) is 0 Å². The molecule has 2 aromatic heterocycles. The number of H-pyrrole nitrogens is 1. The van der Waals surface area contributed by atoms with Crippen molar-refractivity contribution in [3.05, 3.63) is 56.8 Å². The first-order valence-electron chi connectivity index (χ1n) is 5.89. The average Bonchev–Trinajstić information content (AvgIpc) is 3.05. The van der Waals surface area contributed by atoms with E-state index in [-0.39, 0.29) is 5.91 Å². The van der Waals surface area contributed by atoms with Gasteiger partial charge in [-0.1, -0.05) is 18.2 Å². The fourth-order valence-electron chi connectivity index (χ4n) is 1.87. The lowest BCUT2D eigenvalue weighted by molar-refractivity contribution is 0.0957. The van der Waals surface area contributed by atoms with Crippen molar-refractivity contribution in [2.45, 2.75) is 0 Å². The number of carbonyl (C=O) groups is 1. The SMILES string of the molecule is O=C(N/N=C/c1ccc(Br)s1)c1c[nH]c2ccccc12. The second-order valence-electron chi connectivity index (χ2n) is 4.09. The molecule has 2 heterocycles. The topological polar surface area (TPSA) is 57.2 Å². The Morgan fingerprint density at radius 3 is 2.95 bits per heavy atom. The molecule has 100 valence electrons. The van der Waals surface area contributed by atoms with Crippen molar-refractivity contribution < 1.29 is 4.79 Å². The molecule has 0 aliphatic carbocycles. The zero-order valence-electron chi connectivity index (χ0n) is 10.3. The molecule has 0 atom stereocenters. The number of fused-ring (bicyclic) bond motifs is 1. The molecule has 0 saturated heterocycles. The molecule has 0 fully saturated rings. The number of hydrazone groups is 1. The van der Waals surface area contributed by atoms with E-state index in [2.05, 4.69) is 31.4 Å². The number of aromatic nitrogens is 1. The minimum Gasteiger partial charge on any atom is -0.360 e. The van der Waals surface area contributed by atoms with Crippen LogP contribution < -0.4 is 5.43 Å². The van der Waals surface area contributed by atoms with Gasteiger partial charge in [-0.3, -0.25) is 4.79 Å². The third-order valence-corrected chi connectivity index (χ3v) is 4.34. The maximum absolute atomic E-state index is 12.1. The van der Waals surface area contributed by atoms with Gasteiger partial charge in [-0.2, -0.15) is 5.10 Å². The summed E-state index contributed by atoms with van der Waals surface area (Å²) >= 11 is 4.93. The van der Waals surface area contributed by atoms with Crippen LogP contribution in [-0.4, -0.2) is 17.1 Å². The summed E-state index contributed by atoms with van der Waals surface area (Å²) in [6, 6.07) is 11.5. The maximum Gasteiger partial charge on any atom is 0.273 e. The lowest BCUT2D eigenvalue weighted by Crippen LogP contribution is -2.17. The van der Waals surface area contributed by atoms with Gasteiger partial charge in [-0.25, -0.2) is 5.43 Å². The highest BCUT2D eigenvalue weighted by molar-refractivity contribution is 9.11. The number of thiophene rings is 1. The molecule has 0 radical (unpaired) electrons. The molecule has 4 nitrogen and oxygen atoms in total. The summed E-state index contributed by atoms with van der Waals surface area (Å²) < 4.78 is 1.03. The maximum atomic E-state index is 12.1. The largest absolute Gasteiger partial charge is 0.360 e. The van der Waals surface area contributed by atoms with Crippen LogP contribution in [0.1, 0.15) is 15.2 Å². The normalized spacial score (nSPS) is 11.2. The summed E-state index contributed by atoms with van der Waals surface area (Å²) in [6.45, 7) is 0. The molecule has 0 saturated carbocycles. The van der Waals surface area contributed by atoms with Crippen LogP contribution in [0.15, 0.2) is 51.5 Å². The number of para-hydroxylation sites is 1. The molecule has 6 heteroatoms. The standard InChI is InChI=1S/C14H10BrN3OS/c15-13-6-5-9(20-13)7-17-18-14(19)11-8-16-12-4-2-1-3-10(11)12/h1-8,16H,(H,18,19)/b17-7+. The highest BCUT2D eigenvalue weighted by atomic mass is 79.9. The Labute approximate surface area is 127 Å². The summed E-state index contributed by atoms with van der Waals surface area (Å²) in [5, 5.41) is 4.86. The fraction of sp³-hybridized carbons (Fsp3) is 0. The van der Waals surface area contributed by atoms with Crippen LogP contribution in [0.4, 0.5) is 0 Å². The second kappa shape index (κ2) is 5.60. The number of hydrogen-bond acceptors (Lipinski definition) is 3. The first kappa shape index (κ1) is 13.1. The van der Waals surface area contributed by atoms with Crippen molar-refractivity contribution in [1.82, 2.24) is 10.4 Å². The van der Waals surface area contributed by atoms with Crippen molar-refractivity contribution in [2.75, 3.05) is 0 Å². The van der Waals surface area contributed by atoms with E-state index in [1.54, 1.807) is 23.7 Å². The third-order valence-electron chi connectivity index (χ3n) is 2.79. The summed E-state index contributed by atoms with van der Waals surface area (Å²) in [5.41, 5.74) is 4.06. The zero-order chi connectivity index (χ0) is 13.9. The average molecular weight is 348 g/mol. The molecular formula is C14H10BrN3OS. The molecule has 0 bridgehead atoms. The quantitative estimate of drug-likeness (QED) is 0.550. The van der Waals surface area contributed by atoms with E-state index in [1.807, 2.05) is 36.4 Å². The molecule has 0 aliphatic rings. The Kier molecular flexibility index (Phi) is 3.66. The minimum absolute atomic E-state index is 0.227. The molecule has 3 aromatic rings. The van der Waals surface area contributed by atoms with Gasteiger partial charge in [0.25, 0.3) is 5.91 Å². The predicted molar refractivity (Wildman–Crippen MR) is 85.4 cm³/mol. The second-order valence-corrected chi connectivity index (χ2v) is 6.58. The summed E-state index contributed by atoms with van der Waals surface area (Å²) in [7, 11) is 0. The Bertz CT molecular complexity index is 790. The van der Waals surface area contributed by atoms with Crippen molar-refractivity contribution in [1.29, 1.82) is 0 Å². The monoisotopic (exact) mass is 347 g/mol. The van der Waals surface area contributed by atoms with E-state index in [0.717, 1.165) is 19.6 Å². The van der Waals surface area contributed by atoms with E-state index in [9.17, 15) is 4.79 Å². The van der Waals surface area contributed by atoms with Crippen LogP contribution >= 0.6 is 27.3 Å². The van der Waals surface area contributed by atoms with Gasteiger partial charge < -0.3 is 4.98 Å². The van der Waals surface area contributed by atoms with Gasteiger partial charge in [0, 0.05) is 22.0 Å². The predicted octanol–water partition coefficient (Wildman–Crippen LogP) is 3.76. The lowest BCUT2D eigenvalue weighted by Gasteiger charge is -1.97. The van der Waals surface area contributed by atoms with Crippen LogP contribution in [0.3, 0.4) is 0 Å². The number of rotatable bonds is 3. The molecule has 0 aliphatic heterocycles. The number of hydrogen-bond donors (Lipinski definition) is 2. The molecule has 1 amide bonds. The van der Waals surface area contributed by atoms with E-state index >= 15 is 0 Å². The Morgan fingerprint density at radius 1 is 1.30 bits per heavy atom. The number of amides is 1. The van der Waals surface area contributed by atoms with Crippen molar-refractivity contribution in [3.63, 3.8) is 0 Å². The number of carbonyl (C=O) groups excluding carboxylic acids is 1. The number of halogens is 1. The molecule has 3 rings (SSSR count). The van der Waals surface area contributed by atoms with E-state index in [1.165, 1.54) is 0 Å². The summed E-state index contributed by atoms with van der Waals surface area (Å²) in [6.07, 6.45) is 3.32. The van der Waals surface area contributed by atoms with Crippen LogP contribution in [0.25, 0.3) is 10.9 Å². The number of aromatic amines is 1. The van der Waals surface area contributed by atoms with Crippen molar-refractivity contribution >= 4 is 50.3 Å². The summed E-state index contributed by atoms with van der Waals surface area (Å²) in [5.74, 6) is -0.227. The summed E-state index contributed by atoms with van der Waals surface area (Å²) in [4.78, 5) is 16.1. The van der Waals surface area contributed by atoms with E-state index in [4.69, 9.17) is 0 Å². The van der Waals surface area contributed by atoms with Crippen LogP contribution in [0.2, 0.25) is 0 Å². The van der Waals surface area contributed by atoms with Gasteiger partial charge >= 0.3 is 0 Å².